The van der Waals surface area contributed by atoms with Crippen LogP contribution in [0.1, 0.15) is 54.9 Å². The monoisotopic (exact) mass is 355 g/mol. The van der Waals surface area contributed by atoms with Crippen LogP contribution in [0.3, 0.4) is 0 Å². The van der Waals surface area contributed by atoms with Crippen molar-refractivity contribution in [2.75, 3.05) is 19.3 Å². The summed E-state index contributed by atoms with van der Waals surface area (Å²) >= 11 is 0. The zero-order valence-corrected chi connectivity index (χ0v) is 17.2. The quantitative estimate of drug-likeness (QED) is 0.846. The van der Waals surface area contributed by atoms with Crippen molar-refractivity contribution in [1.29, 1.82) is 0 Å². The standard InChI is InChI=1S/C18H33N3O2S/c1-12-15(17(2,3)4)14-9-13(10-19-24(8,22)23)11-21(14)16(20-12)18(5,6)7/h12-13,19H,9-11H2,1-8H3/t12-,13?/m0/s1. The van der Waals surface area contributed by atoms with Crippen LogP contribution >= 0.6 is 0 Å². The Labute approximate surface area is 147 Å². The molecule has 2 aliphatic heterocycles. The van der Waals surface area contributed by atoms with Gasteiger partial charge in [0.05, 0.1) is 12.3 Å². The summed E-state index contributed by atoms with van der Waals surface area (Å²) in [5, 5.41) is 0. The summed E-state index contributed by atoms with van der Waals surface area (Å²) in [7, 11) is -3.15. The molecule has 0 amide bonds. The van der Waals surface area contributed by atoms with Crippen LogP contribution in [0.5, 0.6) is 0 Å². The molecule has 2 heterocycles. The van der Waals surface area contributed by atoms with Gasteiger partial charge >= 0.3 is 0 Å². The van der Waals surface area contributed by atoms with Crippen molar-refractivity contribution < 1.29 is 8.42 Å². The molecule has 1 unspecified atom stereocenters. The summed E-state index contributed by atoms with van der Waals surface area (Å²) < 4.78 is 25.6. The molecule has 24 heavy (non-hydrogen) atoms. The molecule has 1 N–H and O–H groups in total. The number of aliphatic imine (C=N–C) groups is 1. The summed E-state index contributed by atoms with van der Waals surface area (Å²) in [5.41, 5.74) is 2.77. The third-order valence-electron chi connectivity index (χ3n) is 4.66. The van der Waals surface area contributed by atoms with Crippen molar-refractivity contribution in [3.8, 4) is 0 Å². The van der Waals surface area contributed by atoms with E-state index in [9.17, 15) is 8.42 Å². The van der Waals surface area contributed by atoms with Gasteiger partial charge in [-0.25, -0.2) is 13.1 Å². The number of sulfonamides is 1. The average Bonchev–Trinajstić information content (AvgIpc) is 2.74. The number of allylic oxidation sites excluding steroid dienone is 1. The predicted molar refractivity (Wildman–Crippen MR) is 100 cm³/mol. The van der Waals surface area contributed by atoms with Gasteiger partial charge in [0.1, 0.15) is 5.84 Å². The Bertz CT molecular complexity index is 663. The molecule has 0 bridgehead atoms. The van der Waals surface area contributed by atoms with E-state index in [-0.39, 0.29) is 22.8 Å². The van der Waals surface area contributed by atoms with Gasteiger partial charge in [0, 0.05) is 24.2 Å². The number of amidine groups is 1. The minimum atomic E-state index is -3.15. The molecular weight excluding hydrogens is 322 g/mol. The number of fused-ring (bicyclic) bond motifs is 1. The molecule has 0 saturated carbocycles. The maximum absolute atomic E-state index is 11.4. The molecule has 6 heteroatoms. The summed E-state index contributed by atoms with van der Waals surface area (Å²) in [4.78, 5) is 7.39. The fourth-order valence-electron chi connectivity index (χ4n) is 3.91. The van der Waals surface area contributed by atoms with Gasteiger partial charge in [-0.15, -0.1) is 0 Å². The van der Waals surface area contributed by atoms with Crippen LogP contribution in [0.25, 0.3) is 0 Å². The molecule has 2 atom stereocenters. The zero-order valence-electron chi connectivity index (χ0n) is 16.4. The van der Waals surface area contributed by atoms with Crippen molar-refractivity contribution in [2.45, 2.75) is 60.9 Å². The van der Waals surface area contributed by atoms with Crippen molar-refractivity contribution in [1.82, 2.24) is 9.62 Å². The van der Waals surface area contributed by atoms with Crippen molar-refractivity contribution in [3.63, 3.8) is 0 Å². The van der Waals surface area contributed by atoms with E-state index in [1.807, 2.05) is 0 Å². The Morgan fingerprint density at radius 2 is 1.75 bits per heavy atom. The van der Waals surface area contributed by atoms with Crippen molar-refractivity contribution >= 4 is 15.9 Å². The molecule has 2 aliphatic rings. The second kappa shape index (κ2) is 6.13. The lowest BCUT2D eigenvalue weighted by Crippen LogP contribution is -2.43. The highest BCUT2D eigenvalue weighted by molar-refractivity contribution is 7.88. The third-order valence-corrected chi connectivity index (χ3v) is 5.35. The largest absolute Gasteiger partial charge is 0.333 e. The molecule has 138 valence electrons. The molecule has 0 spiro atoms. The fourth-order valence-corrected chi connectivity index (χ4v) is 4.45. The number of hydrogen-bond donors (Lipinski definition) is 1. The molecular formula is C18H33N3O2S. The van der Waals surface area contributed by atoms with E-state index < -0.39 is 10.0 Å². The molecule has 0 aliphatic carbocycles. The second-order valence-corrected chi connectivity index (χ2v) is 11.1. The van der Waals surface area contributed by atoms with Gasteiger partial charge in [0.2, 0.25) is 10.0 Å². The van der Waals surface area contributed by atoms with Gasteiger partial charge in [-0.3, -0.25) is 4.99 Å². The van der Waals surface area contributed by atoms with Crippen LogP contribution in [0.4, 0.5) is 0 Å². The lowest BCUT2D eigenvalue weighted by molar-refractivity contribution is 0.389. The first-order valence-corrected chi connectivity index (χ1v) is 10.6. The number of hydrogen-bond acceptors (Lipinski definition) is 4. The summed E-state index contributed by atoms with van der Waals surface area (Å²) in [6.07, 6.45) is 2.13. The van der Waals surface area contributed by atoms with Gasteiger partial charge in [-0.2, -0.15) is 0 Å². The van der Waals surface area contributed by atoms with E-state index in [0.717, 1.165) is 18.8 Å². The fraction of sp³-hybridized carbons (Fsp3) is 0.833. The molecule has 0 aromatic heterocycles. The Hall–Kier alpha value is -0.880. The van der Waals surface area contributed by atoms with E-state index in [1.165, 1.54) is 17.5 Å². The molecule has 0 aromatic carbocycles. The second-order valence-electron chi connectivity index (χ2n) is 9.29. The van der Waals surface area contributed by atoms with Crippen molar-refractivity contribution in [3.05, 3.63) is 11.3 Å². The van der Waals surface area contributed by atoms with Crippen LogP contribution in [0, 0.1) is 16.7 Å². The minimum absolute atomic E-state index is 0.0257. The van der Waals surface area contributed by atoms with Crippen LogP contribution < -0.4 is 4.72 Å². The predicted octanol–water partition coefficient (Wildman–Crippen LogP) is 3.00. The average molecular weight is 356 g/mol. The minimum Gasteiger partial charge on any atom is -0.333 e. The van der Waals surface area contributed by atoms with Crippen LogP contribution in [0.2, 0.25) is 0 Å². The van der Waals surface area contributed by atoms with Gasteiger partial charge in [0.15, 0.2) is 0 Å². The normalized spacial score (nSPS) is 25.8. The zero-order chi connectivity index (χ0) is 18.5. The van der Waals surface area contributed by atoms with Crippen LogP contribution in [-0.2, 0) is 10.0 Å². The maximum Gasteiger partial charge on any atom is 0.208 e. The van der Waals surface area contributed by atoms with E-state index >= 15 is 0 Å². The Morgan fingerprint density at radius 3 is 2.21 bits per heavy atom. The van der Waals surface area contributed by atoms with Gasteiger partial charge < -0.3 is 4.90 Å². The van der Waals surface area contributed by atoms with E-state index in [4.69, 9.17) is 4.99 Å². The van der Waals surface area contributed by atoms with Crippen LogP contribution in [0.15, 0.2) is 16.3 Å². The SMILES string of the molecule is C[C@@H]1N=C(C(C)(C)C)N2CC(CNS(C)(=O)=O)CC2=C1C(C)(C)C. The molecule has 0 aromatic rings. The molecule has 1 fully saturated rings. The summed E-state index contributed by atoms with van der Waals surface area (Å²) in [6.45, 7) is 16.8. The van der Waals surface area contributed by atoms with E-state index in [2.05, 4.69) is 58.1 Å². The van der Waals surface area contributed by atoms with Crippen LogP contribution in [-0.4, -0.2) is 44.5 Å². The first-order valence-electron chi connectivity index (χ1n) is 8.74. The third kappa shape index (κ3) is 4.20. The van der Waals surface area contributed by atoms with Gasteiger partial charge in [-0.1, -0.05) is 41.5 Å². The molecule has 2 rings (SSSR count). The molecule has 0 radical (unpaired) electrons. The first-order chi connectivity index (χ1) is 10.7. The Kier molecular flexibility index (Phi) is 4.97. The van der Waals surface area contributed by atoms with Crippen molar-refractivity contribution in [2.24, 2.45) is 21.7 Å². The Balaban J connectivity index is 2.38. The lowest BCUT2D eigenvalue weighted by atomic mass is 9.79. The smallest absolute Gasteiger partial charge is 0.208 e. The molecule has 1 saturated heterocycles. The maximum atomic E-state index is 11.4. The highest BCUT2D eigenvalue weighted by atomic mass is 32.2. The first kappa shape index (κ1) is 19.4. The van der Waals surface area contributed by atoms with E-state index in [1.54, 1.807) is 0 Å². The van der Waals surface area contributed by atoms with E-state index in [0.29, 0.717) is 6.54 Å². The summed E-state index contributed by atoms with van der Waals surface area (Å²) in [6, 6.07) is 0.173. The number of nitrogens with zero attached hydrogens (tertiary/aromatic N) is 2. The van der Waals surface area contributed by atoms with Gasteiger partial charge in [0.25, 0.3) is 0 Å². The van der Waals surface area contributed by atoms with Gasteiger partial charge in [-0.05, 0) is 30.3 Å². The number of nitrogens with one attached hydrogen (secondary N) is 1. The highest BCUT2D eigenvalue weighted by Gasteiger charge is 2.42. The summed E-state index contributed by atoms with van der Waals surface area (Å²) in [5.74, 6) is 1.41. The topological polar surface area (TPSA) is 61.8 Å². The molecule has 5 nitrogen and oxygen atoms in total. The lowest BCUT2D eigenvalue weighted by Gasteiger charge is -2.41. The number of rotatable bonds is 3. The Morgan fingerprint density at radius 1 is 1.17 bits per heavy atom. The highest BCUT2D eigenvalue weighted by Crippen LogP contribution is 2.44.